The Bertz CT molecular complexity index is 1120. The Labute approximate surface area is 186 Å². The number of nitriles is 1. The number of fused-ring (bicyclic) bond motifs is 1. The molecule has 0 unspecified atom stereocenters. The summed E-state index contributed by atoms with van der Waals surface area (Å²) >= 11 is 2.33. The number of nitrogens with zero attached hydrogens (tertiary/aromatic N) is 3. The Balaban J connectivity index is 1.62. The number of hydrogen-bond acceptors (Lipinski definition) is 8. The lowest BCUT2D eigenvalue weighted by Crippen LogP contribution is -2.32. The first-order chi connectivity index (χ1) is 15.0. The standard InChI is InChI=1S/C21H18N4O4S2/c1-29-20(28)17-13-8-5-9-14(13)30-19(17)25-16(26)10-15(18(25)27)31-21(23-11-22)24-12-6-3-2-4-7-12/h2-4,6-7,15H,5,8-10H2,1H3,(H,23,24)/t15-/m0/s1. The van der Waals surface area contributed by atoms with E-state index in [1.807, 2.05) is 24.4 Å². The van der Waals surface area contributed by atoms with Crippen molar-refractivity contribution in [1.29, 1.82) is 5.26 Å². The SMILES string of the molecule is COC(=O)c1c(N2C(=O)C[C@H](SC(=Nc3ccccc3)NC#N)C2=O)sc2c1CCC2. The second-order valence-corrected chi connectivity index (χ2v) is 9.17. The quantitative estimate of drug-likeness (QED) is 0.189. The minimum absolute atomic E-state index is 0.0480. The summed E-state index contributed by atoms with van der Waals surface area (Å²) in [5.41, 5.74) is 1.81. The van der Waals surface area contributed by atoms with Crippen molar-refractivity contribution in [2.75, 3.05) is 12.0 Å². The zero-order chi connectivity index (χ0) is 22.0. The van der Waals surface area contributed by atoms with Gasteiger partial charge in [0.2, 0.25) is 11.8 Å². The molecule has 1 fully saturated rings. The third-order valence-corrected chi connectivity index (χ3v) is 7.35. The number of aliphatic imine (C=N–C) groups is 1. The molecule has 0 spiro atoms. The zero-order valence-electron chi connectivity index (χ0n) is 16.6. The Kier molecular flexibility index (Phi) is 6.06. The summed E-state index contributed by atoms with van der Waals surface area (Å²) in [5.74, 6) is -1.35. The summed E-state index contributed by atoms with van der Waals surface area (Å²) in [6, 6.07) is 9.00. The number of imide groups is 1. The monoisotopic (exact) mass is 454 g/mol. The first-order valence-electron chi connectivity index (χ1n) is 9.58. The summed E-state index contributed by atoms with van der Waals surface area (Å²) in [6.45, 7) is 0. The molecular formula is C21H18N4O4S2. The number of thiophene rings is 1. The molecule has 10 heteroatoms. The van der Waals surface area contributed by atoms with E-state index in [-0.39, 0.29) is 17.5 Å². The van der Waals surface area contributed by atoms with Crippen molar-refractivity contribution in [2.24, 2.45) is 4.99 Å². The molecule has 0 saturated carbocycles. The number of hydrogen-bond donors (Lipinski definition) is 1. The number of para-hydroxylation sites is 1. The fourth-order valence-electron chi connectivity index (χ4n) is 3.66. The van der Waals surface area contributed by atoms with Crippen molar-refractivity contribution in [3.05, 3.63) is 46.3 Å². The van der Waals surface area contributed by atoms with E-state index in [4.69, 9.17) is 10.00 Å². The van der Waals surface area contributed by atoms with Crippen LogP contribution in [0.25, 0.3) is 0 Å². The molecule has 2 aromatic rings. The van der Waals surface area contributed by atoms with Crippen molar-refractivity contribution < 1.29 is 19.1 Å². The number of esters is 1. The number of methoxy groups -OCH3 is 1. The maximum atomic E-state index is 13.2. The normalized spacial score (nSPS) is 18.1. The van der Waals surface area contributed by atoms with E-state index in [1.165, 1.54) is 18.4 Å². The molecule has 31 heavy (non-hydrogen) atoms. The molecule has 0 bridgehead atoms. The van der Waals surface area contributed by atoms with Crippen LogP contribution >= 0.6 is 23.1 Å². The Morgan fingerprint density at radius 3 is 2.81 bits per heavy atom. The van der Waals surface area contributed by atoms with Gasteiger partial charge in [0.25, 0.3) is 0 Å². The predicted octanol–water partition coefficient (Wildman–Crippen LogP) is 3.15. The Morgan fingerprint density at radius 2 is 2.10 bits per heavy atom. The highest BCUT2D eigenvalue weighted by atomic mass is 32.2. The highest BCUT2D eigenvalue weighted by Crippen LogP contribution is 2.44. The fourth-order valence-corrected chi connectivity index (χ4v) is 6.02. The predicted molar refractivity (Wildman–Crippen MR) is 118 cm³/mol. The number of thioether (sulfide) groups is 1. The van der Waals surface area contributed by atoms with Gasteiger partial charge in [0.15, 0.2) is 11.4 Å². The van der Waals surface area contributed by atoms with Crippen molar-refractivity contribution in [3.63, 3.8) is 0 Å². The number of ether oxygens (including phenoxy) is 1. The number of amides is 2. The van der Waals surface area contributed by atoms with E-state index >= 15 is 0 Å². The molecule has 1 aromatic carbocycles. The van der Waals surface area contributed by atoms with Crippen LogP contribution < -0.4 is 10.2 Å². The lowest BCUT2D eigenvalue weighted by molar-refractivity contribution is -0.121. The van der Waals surface area contributed by atoms with Crippen LogP contribution in [0, 0.1) is 11.5 Å². The van der Waals surface area contributed by atoms with Gasteiger partial charge in [0.1, 0.15) is 10.3 Å². The van der Waals surface area contributed by atoms with Gasteiger partial charge in [-0.25, -0.2) is 14.7 Å². The lowest BCUT2D eigenvalue weighted by Gasteiger charge is -2.15. The first kappa shape index (κ1) is 21.1. The van der Waals surface area contributed by atoms with E-state index in [2.05, 4.69) is 10.3 Å². The average molecular weight is 455 g/mol. The topological polar surface area (TPSA) is 112 Å². The lowest BCUT2D eigenvalue weighted by atomic mass is 10.1. The molecule has 1 aromatic heterocycles. The van der Waals surface area contributed by atoms with E-state index in [9.17, 15) is 14.4 Å². The summed E-state index contributed by atoms with van der Waals surface area (Å²) in [5, 5.41) is 11.4. The molecule has 1 aliphatic heterocycles. The molecule has 1 aliphatic carbocycles. The van der Waals surface area contributed by atoms with Crippen LogP contribution in [-0.2, 0) is 27.2 Å². The summed E-state index contributed by atoms with van der Waals surface area (Å²) in [4.78, 5) is 44.9. The smallest absolute Gasteiger partial charge is 0.341 e. The molecule has 2 aliphatic rings. The first-order valence-corrected chi connectivity index (χ1v) is 11.3. The van der Waals surface area contributed by atoms with E-state index in [1.54, 1.807) is 12.1 Å². The highest BCUT2D eigenvalue weighted by molar-refractivity contribution is 8.15. The third-order valence-electron chi connectivity index (χ3n) is 5.00. The Morgan fingerprint density at radius 1 is 1.32 bits per heavy atom. The molecule has 158 valence electrons. The summed E-state index contributed by atoms with van der Waals surface area (Å²) < 4.78 is 4.93. The number of amidine groups is 1. The summed E-state index contributed by atoms with van der Waals surface area (Å²) in [7, 11) is 1.29. The van der Waals surface area contributed by atoms with Crippen LogP contribution in [-0.4, -0.2) is 35.3 Å². The molecule has 4 rings (SSSR count). The van der Waals surface area contributed by atoms with Gasteiger partial charge in [-0.2, -0.15) is 5.26 Å². The molecule has 1 N–H and O–H groups in total. The molecule has 1 saturated heterocycles. The number of benzene rings is 1. The van der Waals surface area contributed by atoms with Crippen LogP contribution in [0.15, 0.2) is 35.3 Å². The van der Waals surface area contributed by atoms with Gasteiger partial charge >= 0.3 is 5.97 Å². The second kappa shape index (κ2) is 8.91. The fraction of sp³-hybridized carbons (Fsp3) is 0.286. The van der Waals surface area contributed by atoms with Gasteiger partial charge in [-0.05, 0) is 37.0 Å². The molecule has 0 radical (unpaired) electrons. The molecule has 2 amide bonds. The number of aryl methyl sites for hydroxylation is 1. The number of anilines is 1. The summed E-state index contributed by atoms with van der Waals surface area (Å²) in [6.07, 6.45) is 4.25. The zero-order valence-corrected chi connectivity index (χ0v) is 18.2. The second-order valence-electron chi connectivity index (χ2n) is 6.90. The number of rotatable bonds is 4. The van der Waals surface area contributed by atoms with Crippen LogP contribution in [0.1, 0.15) is 33.6 Å². The van der Waals surface area contributed by atoms with Crippen molar-refractivity contribution in [1.82, 2.24) is 5.32 Å². The molecule has 1 atom stereocenters. The molecule has 2 heterocycles. The minimum Gasteiger partial charge on any atom is -0.465 e. The minimum atomic E-state index is -0.752. The van der Waals surface area contributed by atoms with Crippen LogP contribution in [0.4, 0.5) is 10.7 Å². The van der Waals surface area contributed by atoms with Gasteiger partial charge in [-0.15, -0.1) is 11.3 Å². The van der Waals surface area contributed by atoms with Crippen LogP contribution in [0.2, 0.25) is 0 Å². The average Bonchev–Trinajstić information content (AvgIpc) is 3.42. The highest BCUT2D eigenvalue weighted by Gasteiger charge is 2.44. The van der Waals surface area contributed by atoms with Gasteiger partial charge in [0, 0.05) is 11.3 Å². The third kappa shape index (κ3) is 4.06. The van der Waals surface area contributed by atoms with E-state index in [0.717, 1.165) is 46.4 Å². The maximum Gasteiger partial charge on any atom is 0.341 e. The van der Waals surface area contributed by atoms with Gasteiger partial charge in [-0.1, -0.05) is 30.0 Å². The molecular weight excluding hydrogens is 436 g/mol. The Hall–Kier alpha value is -3.16. The maximum absolute atomic E-state index is 13.2. The van der Waals surface area contributed by atoms with Crippen molar-refractivity contribution in [3.8, 4) is 6.19 Å². The van der Waals surface area contributed by atoms with Gasteiger partial charge < -0.3 is 4.74 Å². The van der Waals surface area contributed by atoms with Gasteiger partial charge in [-0.3, -0.25) is 14.9 Å². The number of carbonyl (C=O) groups is 3. The van der Waals surface area contributed by atoms with Gasteiger partial charge in [0.05, 0.1) is 18.4 Å². The largest absolute Gasteiger partial charge is 0.465 e. The van der Waals surface area contributed by atoms with Crippen LogP contribution in [0.5, 0.6) is 0 Å². The number of carbonyl (C=O) groups excluding carboxylic acids is 3. The van der Waals surface area contributed by atoms with Crippen LogP contribution in [0.3, 0.4) is 0 Å². The van der Waals surface area contributed by atoms with E-state index < -0.39 is 17.1 Å². The number of nitrogens with one attached hydrogen (secondary N) is 1. The van der Waals surface area contributed by atoms with Crippen molar-refractivity contribution >= 4 is 56.7 Å². The van der Waals surface area contributed by atoms with Crippen molar-refractivity contribution in [2.45, 2.75) is 30.9 Å². The van der Waals surface area contributed by atoms with E-state index in [0.29, 0.717) is 16.3 Å². The molecule has 8 nitrogen and oxygen atoms in total.